The summed E-state index contributed by atoms with van der Waals surface area (Å²) in [6.07, 6.45) is 1.95. The molecule has 3 heterocycles. The van der Waals surface area contributed by atoms with Crippen LogP contribution in [0.1, 0.15) is 16.7 Å². The van der Waals surface area contributed by atoms with Gasteiger partial charge < -0.3 is 24.3 Å². The molecule has 5 rings (SSSR count). The van der Waals surface area contributed by atoms with Crippen molar-refractivity contribution >= 4 is 11.6 Å². The van der Waals surface area contributed by atoms with Crippen LogP contribution < -0.4 is 24.3 Å². The van der Waals surface area contributed by atoms with Gasteiger partial charge in [0.25, 0.3) is 0 Å². The summed E-state index contributed by atoms with van der Waals surface area (Å²) in [5.41, 5.74) is 3.89. The molecule has 26 heavy (non-hydrogen) atoms. The summed E-state index contributed by atoms with van der Waals surface area (Å²) in [5.74, 6) is 3.05. The van der Waals surface area contributed by atoms with E-state index in [1.165, 1.54) is 0 Å². The second-order valence-electron chi connectivity index (χ2n) is 6.60. The van der Waals surface area contributed by atoms with Crippen molar-refractivity contribution in [3.05, 3.63) is 41.0 Å². The number of carbonyl (C=O) groups excluding carboxylic acids is 1. The average molecular weight is 353 g/mol. The molecule has 0 atom stereocenters. The predicted molar refractivity (Wildman–Crippen MR) is 94.6 cm³/mol. The van der Waals surface area contributed by atoms with Crippen LogP contribution in [0.3, 0.4) is 0 Å². The van der Waals surface area contributed by atoms with Gasteiger partial charge >= 0.3 is 0 Å². The molecule has 0 aliphatic carbocycles. The normalized spacial score (nSPS) is 16.3. The van der Waals surface area contributed by atoms with Gasteiger partial charge in [0.1, 0.15) is 24.7 Å². The number of ether oxygens (including phenoxy) is 4. The maximum absolute atomic E-state index is 12.7. The quantitative estimate of drug-likeness (QED) is 0.918. The Bertz CT molecular complexity index is 860. The Hall–Kier alpha value is -2.89. The largest absolute Gasteiger partial charge is 0.493 e. The third kappa shape index (κ3) is 2.62. The van der Waals surface area contributed by atoms with Crippen molar-refractivity contribution < 1.29 is 23.7 Å². The molecule has 0 saturated heterocycles. The van der Waals surface area contributed by atoms with Gasteiger partial charge in [-0.05, 0) is 18.2 Å². The van der Waals surface area contributed by atoms with E-state index in [2.05, 4.69) is 11.4 Å². The zero-order valence-corrected chi connectivity index (χ0v) is 14.3. The fraction of sp³-hybridized carbons (Fsp3) is 0.350. The minimum Gasteiger partial charge on any atom is -0.493 e. The second kappa shape index (κ2) is 6.12. The zero-order valence-electron chi connectivity index (χ0n) is 14.3. The standard InChI is InChI=1S/C20H19NO5/c22-19(21-13-1-2-16-18(10-13)25-8-7-24-16)11-15-14-4-6-23-17(14)9-12-3-5-26-20(12)15/h1-2,9-10H,3-8,11H2,(H,21,22). The predicted octanol–water partition coefficient (Wildman–Crippen LogP) is 2.51. The third-order valence-corrected chi connectivity index (χ3v) is 4.92. The Morgan fingerprint density at radius 1 is 0.885 bits per heavy atom. The maximum Gasteiger partial charge on any atom is 0.228 e. The summed E-state index contributed by atoms with van der Waals surface area (Å²) in [4.78, 5) is 12.7. The first kappa shape index (κ1) is 15.4. The number of amides is 1. The molecular weight excluding hydrogens is 334 g/mol. The number of hydrogen-bond acceptors (Lipinski definition) is 5. The highest BCUT2D eigenvalue weighted by molar-refractivity contribution is 5.93. The van der Waals surface area contributed by atoms with Crippen molar-refractivity contribution in [2.75, 3.05) is 31.7 Å². The van der Waals surface area contributed by atoms with E-state index in [1.807, 2.05) is 12.1 Å². The fourth-order valence-corrected chi connectivity index (χ4v) is 3.76. The topological polar surface area (TPSA) is 66.0 Å². The van der Waals surface area contributed by atoms with Crippen LogP contribution in [0, 0.1) is 0 Å². The van der Waals surface area contributed by atoms with Gasteiger partial charge in [-0.2, -0.15) is 0 Å². The minimum absolute atomic E-state index is 0.0836. The van der Waals surface area contributed by atoms with Crippen LogP contribution in [0.15, 0.2) is 24.3 Å². The number of hydrogen-bond donors (Lipinski definition) is 1. The smallest absolute Gasteiger partial charge is 0.228 e. The van der Waals surface area contributed by atoms with Crippen molar-refractivity contribution in [2.24, 2.45) is 0 Å². The van der Waals surface area contributed by atoms with Crippen molar-refractivity contribution in [1.29, 1.82) is 0 Å². The molecule has 0 aromatic heterocycles. The summed E-state index contributed by atoms with van der Waals surface area (Å²) in [6, 6.07) is 7.50. The van der Waals surface area contributed by atoms with E-state index in [-0.39, 0.29) is 12.3 Å². The third-order valence-electron chi connectivity index (χ3n) is 4.92. The summed E-state index contributed by atoms with van der Waals surface area (Å²) >= 11 is 0. The van der Waals surface area contributed by atoms with Crippen molar-refractivity contribution in [1.82, 2.24) is 0 Å². The van der Waals surface area contributed by atoms with Crippen LogP contribution in [-0.2, 0) is 24.1 Å². The SMILES string of the molecule is O=C(Cc1c2c(cc3c1OCC3)OCC2)Nc1ccc2c(c1)OCCO2. The molecule has 2 aromatic carbocycles. The van der Waals surface area contributed by atoms with E-state index in [9.17, 15) is 4.79 Å². The number of carbonyl (C=O) groups is 1. The van der Waals surface area contributed by atoms with Crippen LogP contribution in [0.5, 0.6) is 23.0 Å². The molecule has 0 spiro atoms. The Morgan fingerprint density at radius 3 is 2.62 bits per heavy atom. The average Bonchev–Trinajstić information content (AvgIpc) is 3.30. The van der Waals surface area contributed by atoms with Crippen LogP contribution >= 0.6 is 0 Å². The van der Waals surface area contributed by atoms with Crippen LogP contribution in [-0.4, -0.2) is 32.3 Å². The highest BCUT2D eigenvalue weighted by Crippen LogP contribution is 2.41. The number of benzene rings is 2. The van der Waals surface area contributed by atoms with Gasteiger partial charge in [0.2, 0.25) is 5.91 Å². The molecule has 134 valence electrons. The van der Waals surface area contributed by atoms with Crippen molar-refractivity contribution in [2.45, 2.75) is 19.3 Å². The highest BCUT2D eigenvalue weighted by atomic mass is 16.6. The van der Waals surface area contributed by atoms with Crippen LogP contribution in [0.25, 0.3) is 0 Å². The maximum atomic E-state index is 12.7. The fourth-order valence-electron chi connectivity index (χ4n) is 3.76. The minimum atomic E-state index is -0.0836. The Labute approximate surface area is 151 Å². The lowest BCUT2D eigenvalue weighted by molar-refractivity contribution is -0.115. The lowest BCUT2D eigenvalue weighted by Gasteiger charge is -2.19. The number of anilines is 1. The first-order chi connectivity index (χ1) is 12.8. The molecule has 0 unspecified atom stereocenters. The Balaban J connectivity index is 1.38. The lowest BCUT2D eigenvalue weighted by Crippen LogP contribution is -2.18. The Morgan fingerprint density at radius 2 is 1.69 bits per heavy atom. The van der Waals surface area contributed by atoms with E-state index in [4.69, 9.17) is 18.9 Å². The molecule has 0 bridgehead atoms. The summed E-state index contributed by atoms with van der Waals surface area (Å²) in [5, 5.41) is 2.95. The summed E-state index contributed by atoms with van der Waals surface area (Å²) < 4.78 is 22.6. The molecule has 3 aliphatic rings. The van der Waals surface area contributed by atoms with E-state index in [0.717, 1.165) is 41.0 Å². The van der Waals surface area contributed by atoms with Gasteiger partial charge in [-0.15, -0.1) is 0 Å². The van der Waals surface area contributed by atoms with Crippen LogP contribution in [0.4, 0.5) is 5.69 Å². The van der Waals surface area contributed by atoms with E-state index >= 15 is 0 Å². The Kier molecular flexibility index (Phi) is 3.62. The molecule has 2 aromatic rings. The summed E-state index contributed by atoms with van der Waals surface area (Å²) in [7, 11) is 0. The molecule has 0 radical (unpaired) electrons. The van der Waals surface area contributed by atoms with Crippen LogP contribution in [0.2, 0.25) is 0 Å². The van der Waals surface area contributed by atoms with E-state index < -0.39 is 0 Å². The van der Waals surface area contributed by atoms with Gasteiger partial charge in [0.05, 0.1) is 19.6 Å². The molecule has 0 fully saturated rings. The number of fused-ring (bicyclic) bond motifs is 3. The van der Waals surface area contributed by atoms with Gasteiger partial charge in [0, 0.05) is 41.3 Å². The molecule has 1 amide bonds. The highest BCUT2D eigenvalue weighted by Gasteiger charge is 2.27. The molecule has 6 nitrogen and oxygen atoms in total. The molecule has 1 N–H and O–H groups in total. The molecule has 0 saturated carbocycles. The van der Waals surface area contributed by atoms with Gasteiger partial charge in [-0.1, -0.05) is 0 Å². The first-order valence-corrected chi connectivity index (χ1v) is 8.90. The second-order valence-corrected chi connectivity index (χ2v) is 6.60. The van der Waals surface area contributed by atoms with Gasteiger partial charge in [-0.25, -0.2) is 0 Å². The lowest BCUT2D eigenvalue weighted by atomic mass is 9.97. The van der Waals surface area contributed by atoms with Crippen molar-refractivity contribution in [3.8, 4) is 23.0 Å². The number of rotatable bonds is 3. The zero-order chi connectivity index (χ0) is 17.5. The van der Waals surface area contributed by atoms with E-state index in [0.29, 0.717) is 43.6 Å². The number of nitrogens with one attached hydrogen (secondary N) is 1. The van der Waals surface area contributed by atoms with Gasteiger partial charge in [0.15, 0.2) is 11.5 Å². The first-order valence-electron chi connectivity index (χ1n) is 8.90. The molecular formula is C20H19NO5. The molecule has 3 aliphatic heterocycles. The van der Waals surface area contributed by atoms with E-state index in [1.54, 1.807) is 6.07 Å². The summed E-state index contributed by atoms with van der Waals surface area (Å²) in [6.45, 7) is 2.39. The van der Waals surface area contributed by atoms with Crippen molar-refractivity contribution in [3.63, 3.8) is 0 Å². The molecule has 6 heteroatoms. The monoisotopic (exact) mass is 353 g/mol. The van der Waals surface area contributed by atoms with Gasteiger partial charge in [-0.3, -0.25) is 4.79 Å².